The average Bonchev–Trinajstić information content (AvgIpc) is 3.20. The van der Waals surface area contributed by atoms with Crippen LogP contribution in [0.4, 0.5) is 0 Å². The predicted octanol–water partition coefficient (Wildman–Crippen LogP) is 8.60. The maximum Gasteiger partial charge on any atom is 0.135 e. The van der Waals surface area contributed by atoms with E-state index in [1.807, 2.05) is 0 Å². The van der Waals surface area contributed by atoms with Gasteiger partial charge in [0.2, 0.25) is 0 Å². The Morgan fingerprint density at radius 2 is 1.27 bits per heavy atom. The molecule has 0 saturated heterocycles. The second-order valence-electron chi connectivity index (χ2n) is 6.20. The smallest absolute Gasteiger partial charge is 0.135 e. The third-order valence-corrected chi connectivity index (χ3v) is 4.61. The molecule has 1 heterocycles. The van der Waals surface area contributed by atoms with E-state index < -0.39 is 163 Å². The lowest BCUT2D eigenvalue weighted by Gasteiger charge is -2.13. The Labute approximate surface area is 204 Å². The van der Waals surface area contributed by atoms with Crippen molar-refractivity contribution in [2.75, 3.05) is 0 Å². The van der Waals surface area contributed by atoms with E-state index in [9.17, 15) is 2.74 Å². The predicted molar refractivity (Wildman–Crippen MR) is 125 cm³/mol. The van der Waals surface area contributed by atoms with Gasteiger partial charge < -0.3 is 4.74 Å². The Morgan fingerprint density at radius 3 is 2.10 bits per heavy atom. The van der Waals surface area contributed by atoms with Crippen LogP contribution in [0.3, 0.4) is 0 Å². The number of halogens is 1. The van der Waals surface area contributed by atoms with E-state index in [0.717, 1.165) is 0 Å². The summed E-state index contributed by atoms with van der Waals surface area (Å²) in [6.07, 6.45) is 0. The van der Waals surface area contributed by atoms with Crippen molar-refractivity contribution in [3.8, 4) is 44.9 Å². The van der Waals surface area contributed by atoms with Gasteiger partial charge in [0.1, 0.15) is 11.5 Å². The molecule has 0 atom stereocenters. The highest BCUT2D eigenvalue weighted by atomic mass is 35.5. The molecule has 0 N–H and O–H groups in total. The third-order valence-electron chi connectivity index (χ3n) is 4.42. The number of ether oxygens (including phenoxy) is 1. The van der Waals surface area contributed by atoms with Crippen molar-refractivity contribution in [1.29, 1.82) is 0 Å². The molecule has 1 aliphatic rings. The number of rotatable bonds is 1. The van der Waals surface area contributed by atoms with Gasteiger partial charge in [-0.2, -0.15) is 0 Å². The van der Waals surface area contributed by atoms with Crippen molar-refractivity contribution in [3.05, 3.63) is 108 Å². The summed E-state index contributed by atoms with van der Waals surface area (Å²) in [5, 5.41) is -1.49. The molecule has 0 unspecified atom stereocenters. The fourth-order valence-electron chi connectivity index (χ4n) is 3.12. The minimum absolute atomic E-state index is 0.456. The number of benzene rings is 5. The minimum atomic E-state index is -0.834. The Morgan fingerprint density at radius 1 is 0.533 bits per heavy atom. The molecule has 0 radical (unpaired) electrons. The zero-order chi connectivity index (χ0) is 34.9. The van der Waals surface area contributed by atoms with Crippen LogP contribution in [0, 0.1) is 0 Å². The molecule has 0 amide bonds. The van der Waals surface area contributed by atoms with E-state index in [0.29, 0.717) is 0 Å². The summed E-state index contributed by atoms with van der Waals surface area (Å²) >= 11 is 6.25. The van der Waals surface area contributed by atoms with Crippen molar-refractivity contribution >= 4 is 22.4 Å². The first-order valence-corrected chi connectivity index (χ1v) is 8.98. The first-order chi connectivity index (χ1) is 21.9. The van der Waals surface area contributed by atoms with Gasteiger partial charge in [-0.25, -0.2) is 0 Å². The van der Waals surface area contributed by atoms with E-state index in [4.69, 9.17) is 36.9 Å². The molecule has 1 nitrogen and oxygen atoms in total. The molecule has 0 bridgehead atoms. The monoisotopic (exact) mass is 421 g/mol. The van der Waals surface area contributed by atoms with Crippen LogP contribution < -0.4 is 4.74 Å². The largest absolute Gasteiger partial charge is 0.456 e. The topological polar surface area (TPSA) is 9.23 Å². The van der Waals surface area contributed by atoms with E-state index in [2.05, 4.69) is 0 Å². The summed E-state index contributed by atoms with van der Waals surface area (Å²) in [5.41, 5.74) is -3.26. The van der Waals surface area contributed by atoms with E-state index in [1.54, 1.807) is 0 Å². The Balaban J connectivity index is 1.97. The zero-order valence-corrected chi connectivity index (χ0v) is 15.5. The van der Waals surface area contributed by atoms with Gasteiger partial charge in [-0.05, 0) is 69.3 Å². The lowest BCUT2D eigenvalue weighted by atomic mass is 9.90. The highest BCUT2D eigenvalue weighted by Gasteiger charge is 2.22. The second kappa shape index (κ2) is 6.76. The number of fused-ring (bicyclic) bond motifs is 6. The van der Waals surface area contributed by atoms with Crippen LogP contribution in [0.25, 0.3) is 44.2 Å². The van der Waals surface area contributed by atoms with Gasteiger partial charge in [-0.3, -0.25) is 0 Å². The summed E-state index contributed by atoms with van der Waals surface area (Å²) < 4.78 is 152. The molecule has 6 rings (SSSR count). The SMILES string of the molecule is [2H]c1c([2H])c([2H])c(-c2c([2H])c([2H])c3c(c2[2H])-c2c(c([2H])c4c([2H])c([2H])c([2H])c([2H])c4c2[2H])Oc2c([2H])c([2H])c(Cl)c([2H])c2-3)c([2H])c1[2H]. The lowest BCUT2D eigenvalue weighted by Crippen LogP contribution is -1.87. The van der Waals surface area contributed by atoms with Gasteiger partial charge in [-0.1, -0.05) is 78.1 Å². The molecule has 0 fully saturated rings. The van der Waals surface area contributed by atoms with Crippen molar-refractivity contribution < 1.29 is 28.0 Å². The van der Waals surface area contributed by atoms with Gasteiger partial charge in [0, 0.05) is 16.1 Å². The zero-order valence-electron chi connectivity index (χ0n) is 31.8. The first kappa shape index (κ1) is 7.30. The van der Waals surface area contributed by atoms with Crippen LogP contribution >= 0.6 is 11.6 Å². The lowest BCUT2D eigenvalue weighted by molar-refractivity contribution is 0.488. The maximum absolute atomic E-state index is 9.36. The first-order valence-electron chi connectivity index (χ1n) is 17.1. The summed E-state index contributed by atoms with van der Waals surface area (Å²) in [5.74, 6) is -1.25. The van der Waals surface area contributed by atoms with Crippen LogP contribution in [-0.2, 0) is 0 Å². The summed E-state index contributed by atoms with van der Waals surface area (Å²) in [4.78, 5) is 0. The number of hydrogen-bond donors (Lipinski definition) is 0. The van der Waals surface area contributed by atoms with Crippen LogP contribution in [0.1, 0.15) is 23.3 Å². The Bertz CT molecular complexity index is 2290. The van der Waals surface area contributed by atoms with E-state index in [1.165, 1.54) is 0 Å². The molecule has 1 aliphatic heterocycles. The van der Waals surface area contributed by atoms with Crippen LogP contribution in [0.2, 0.25) is 5.02 Å². The quantitative estimate of drug-likeness (QED) is 0.258. The summed E-state index contributed by atoms with van der Waals surface area (Å²) in [7, 11) is 0. The van der Waals surface area contributed by atoms with E-state index >= 15 is 0 Å². The average molecular weight is 422 g/mol. The fraction of sp³-hybridized carbons (Fsp3) is 0. The van der Waals surface area contributed by atoms with Gasteiger partial charge in [0.15, 0.2) is 0 Å². The third kappa shape index (κ3) is 2.79. The number of hydrogen-bond acceptors (Lipinski definition) is 1. The van der Waals surface area contributed by atoms with Crippen LogP contribution in [0.5, 0.6) is 11.5 Å². The van der Waals surface area contributed by atoms with Gasteiger partial charge in [0.05, 0.1) is 23.3 Å². The molecule has 142 valence electrons. The molecular weight excluding hydrogens is 388 g/mol. The Hall–Kier alpha value is -3.55. The Kier molecular flexibility index (Phi) is 1.64. The molecule has 0 aliphatic carbocycles. The molecule has 0 spiro atoms. The van der Waals surface area contributed by atoms with Crippen LogP contribution in [-0.4, -0.2) is 0 Å². The van der Waals surface area contributed by atoms with Crippen molar-refractivity contribution in [3.63, 3.8) is 0 Å². The van der Waals surface area contributed by atoms with Gasteiger partial charge >= 0.3 is 0 Å². The molecule has 5 aromatic carbocycles. The molecule has 5 aromatic rings. The second-order valence-corrected chi connectivity index (χ2v) is 6.58. The van der Waals surface area contributed by atoms with Crippen molar-refractivity contribution in [1.82, 2.24) is 0 Å². The molecule has 30 heavy (non-hydrogen) atoms. The summed E-state index contributed by atoms with van der Waals surface area (Å²) in [6, 6.07) is -12.8. The standard InChI is InChI=1S/C28H17ClO/c29-22-11-13-27-26(17-22)23-12-10-21(18-6-2-1-3-7-18)14-24(23)25-15-19-8-4-5-9-20(19)16-28(25)30-27/h1-17H/i1D,2D,3D,4D,5D,6D,7D,8D,9D,10D,11D,12D,13D,14D,15D,16D,17D. The molecule has 2 heteroatoms. The molecule has 0 aromatic heterocycles. The maximum atomic E-state index is 9.36. The highest BCUT2D eigenvalue weighted by Crippen LogP contribution is 2.49. The minimum Gasteiger partial charge on any atom is -0.456 e. The van der Waals surface area contributed by atoms with E-state index in [-0.39, 0.29) is 0 Å². The van der Waals surface area contributed by atoms with Crippen molar-refractivity contribution in [2.45, 2.75) is 0 Å². The van der Waals surface area contributed by atoms with Gasteiger partial charge in [-0.15, -0.1) is 0 Å². The normalized spacial score (nSPS) is 19.7. The summed E-state index contributed by atoms with van der Waals surface area (Å²) in [6.45, 7) is 0. The van der Waals surface area contributed by atoms with Gasteiger partial charge in [0.25, 0.3) is 0 Å². The van der Waals surface area contributed by atoms with Crippen molar-refractivity contribution in [2.24, 2.45) is 0 Å². The fourth-order valence-corrected chi connectivity index (χ4v) is 3.26. The highest BCUT2D eigenvalue weighted by molar-refractivity contribution is 6.31. The molecule has 0 saturated carbocycles. The molecular formula is C28H17ClO. The van der Waals surface area contributed by atoms with Crippen LogP contribution in [0.15, 0.2) is 103 Å².